The van der Waals surface area contributed by atoms with E-state index >= 15 is 0 Å². The molecule has 0 amide bonds. The van der Waals surface area contributed by atoms with Crippen LogP contribution in [0.4, 0.5) is 4.39 Å². The summed E-state index contributed by atoms with van der Waals surface area (Å²) in [6, 6.07) is 5.62. The second-order valence-electron chi connectivity index (χ2n) is 6.00. The summed E-state index contributed by atoms with van der Waals surface area (Å²) in [5.74, 6) is -0.788. The monoisotopic (exact) mass is 422 g/mol. The average molecular weight is 424 g/mol. The highest BCUT2D eigenvalue weighted by Gasteiger charge is 2.28. The quantitative estimate of drug-likeness (QED) is 0.720. The Balaban J connectivity index is 2.27. The van der Waals surface area contributed by atoms with Gasteiger partial charge in [0.15, 0.2) is 5.82 Å². The number of fused-ring (bicyclic) bond motifs is 1. The maximum atomic E-state index is 14.6. The maximum Gasteiger partial charge on any atom is 0.266 e. The first kappa shape index (κ1) is 17.9. The van der Waals surface area contributed by atoms with E-state index in [1.807, 2.05) is 6.07 Å². The molecule has 0 aliphatic carbocycles. The van der Waals surface area contributed by atoms with Crippen molar-refractivity contribution >= 4 is 38.4 Å². The number of rotatable bonds is 2. The lowest BCUT2D eigenvalue weighted by Gasteiger charge is -2.30. The molecular weight excluding hydrogens is 411 g/mol. The van der Waals surface area contributed by atoms with Crippen molar-refractivity contribution in [3.8, 4) is 12.1 Å². The van der Waals surface area contributed by atoms with E-state index in [4.69, 9.17) is 16.9 Å². The van der Waals surface area contributed by atoms with Crippen molar-refractivity contribution in [2.45, 2.75) is 31.2 Å². The predicted octanol–water partition coefficient (Wildman–Crippen LogP) is 3.70. The fourth-order valence-electron chi connectivity index (χ4n) is 3.43. The van der Waals surface area contributed by atoms with Crippen molar-refractivity contribution < 1.29 is 4.39 Å². The summed E-state index contributed by atoms with van der Waals surface area (Å²) in [7, 11) is 0. The zero-order valence-corrected chi connectivity index (χ0v) is 15.3. The molecule has 1 aliphatic heterocycles. The SMILES string of the molecule is N#CC[C@@H]1CC(c2c(C#N)c(=O)[nH]c3c(F)c(Br)c(Cl)cc23)CCN1. The standard InChI is InChI=1S/C17H13BrClFN4O/c18-14-12(19)6-10-13(8-2-4-23-9(5-8)1-3-21)11(7-22)17(25)24-16(10)15(14)20/h6,8-9,23H,1-2,4-5H2,(H,24,25)/t8?,9-/m1/s1. The molecule has 8 heteroatoms. The lowest BCUT2D eigenvalue weighted by molar-refractivity contribution is 0.366. The summed E-state index contributed by atoms with van der Waals surface area (Å²) in [5, 5.41) is 22.3. The van der Waals surface area contributed by atoms with Gasteiger partial charge < -0.3 is 10.3 Å². The van der Waals surface area contributed by atoms with Crippen LogP contribution in [0.5, 0.6) is 0 Å². The van der Waals surface area contributed by atoms with Crippen LogP contribution in [0, 0.1) is 28.5 Å². The number of halogens is 3. The Morgan fingerprint density at radius 2 is 2.20 bits per heavy atom. The van der Waals surface area contributed by atoms with Crippen molar-refractivity contribution in [2.75, 3.05) is 6.54 Å². The molecular formula is C17H13BrClFN4O. The van der Waals surface area contributed by atoms with Crippen LogP contribution in [0.1, 0.15) is 36.3 Å². The molecule has 0 bridgehead atoms. The molecule has 1 aliphatic rings. The summed E-state index contributed by atoms with van der Waals surface area (Å²) < 4.78 is 14.6. The molecule has 1 unspecified atom stereocenters. The Labute approximate surface area is 156 Å². The van der Waals surface area contributed by atoms with Gasteiger partial charge in [-0.05, 0) is 52.9 Å². The second kappa shape index (κ2) is 7.13. The number of aromatic nitrogens is 1. The summed E-state index contributed by atoms with van der Waals surface area (Å²) in [6.07, 6.45) is 1.61. The summed E-state index contributed by atoms with van der Waals surface area (Å²) in [4.78, 5) is 14.8. The van der Waals surface area contributed by atoms with Crippen LogP contribution in [0.25, 0.3) is 10.9 Å². The number of H-pyrrole nitrogens is 1. The van der Waals surface area contributed by atoms with E-state index < -0.39 is 11.4 Å². The number of pyridine rings is 1. The number of nitrogens with one attached hydrogen (secondary N) is 2. The van der Waals surface area contributed by atoms with Gasteiger partial charge in [0.25, 0.3) is 5.56 Å². The number of nitriles is 2. The van der Waals surface area contributed by atoms with Gasteiger partial charge in [0.1, 0.15) is 11.6 Å². The minimum atomic E-state index is -0.659. The molecule has 0 radical (unpaired) electrons. The van der Waals surface area contributed by atoms with E-state index in [0.29, 0.717) is 36.8 Å². The van der Waals surface area contributed by atoms with E-state index in [1.54, 1.807) is 6.07 Å². The van der Waals surface area contributed by atoms with Crippen LogP contribution >= 0.6 is 27.5 Å². The molecule has 0 saturated carbocycles. The highest BCUT2D eigenvalue weighted by molar-refractivity contribution is 9.10. The number of benzene rings is 1. The first-order valence-electron chi connectivity index (χ1n) is 7.71. The van der Waals surface area contributed by atoms with Gasteiger partial charge in [-0.25, -0.2) is 4.39 Å². The normalized spacial score (nSPS) is 20.2. The number of hydrogen-bond acceptors (Lipinski definition) is 4. The lowest BCUT2D eigenvalue weighted by Crippen LogP contribution is -2.37. The number of nitrogens with zero attached hydrogens (tertiary/aromatic N) is 2. The maximum absolute atomic E-state index is 14.6. The highest BCUT2D eigenvalue weighted by Crippen LogP contribution is 2.38. The van der Waals surface area contributed by atoms with Gasteiger partial charge in [-0.2, -0.15) is 10.5 Å². The molecule has 128 valence electrons. The van der Waals surface area contributed by atoms with Crippen molar-refractivity contribution in [1.82, 2.24) is 10.3 Å². The highest BCUT2D eigenvalue weighted by atomic mass is 79.9. The van der Waals surface area contributed by atoms with Gasteiger partial charge in [-0.1, -0.05) is 11.6 Å². The van der Waals surface area contributed by atoms with Crippen LogP contribution in [-0.2, 0) is 0 Å². The van der Waals surface area contributed by atoms with E-state index in [2.05, 4.69) is 32.3 Å². The van der Waals surface area contributed by atoms with Gasteiger partial charge in [0.2, 0.25) is 0 Å². The first-order chi connectivity index (χ1) is 12.0. The predicted molar refractivity (Wildman–Crippen MR) is 95.9 cm³/mol. The van der Waals surface area contributed by atoms with Gasteiger partial charge >= 0.3 is 0 Å². The summed E-state index contributed by atoms with van der Waals surface area (Å²) in [6.45, 7) is 0.656. The van der Waals surface area contributed by atoms with Crippen LogP contribution in [0.2, 0.25) is 5.02 Å². The van der Waals surface area contributed by atoms with E-state index in [9.17, 15) is 14.4 Å². The number of hydrogen-bond donors (Lipinski definition) is 2. The topological polar surface area (TPSA) is 92.5 Å². The molecule has 2 N–H and O–H groups in total. The zero-order chi connectivity index (χ0) is 18.1. The average Bonchev–Trinajstić information content (AvgIpc) is 2.60. The van der Waals surface area contributed by atoms with Crippen molar-refractivity contribution in [1.29, 1.82) is 10.5 Å². The van der Waals surface area contributed by atoms with E-state index in [-0.39, 0.29) is 32.5 Å². The Morgan fingerprint density at radius 1 is 1.44 bits per heavy atom. The minimum absolute atomic E-state index is 0.0205. The summed E-state index contributed by atoms with van der Waals surface area (Å²) >= 11 is 9.17. The number of piperidine rings is 1. The van der Waals surface area contributed by atoms with Gasteiger partial charge in [0, 0.05) is 11.4 Å². The largest absolute Gasteiger partial charge is 0.318 e. The third kappa shape index (κ3) is 3.16. The van der Waals surface area contributed by atoms with E-state index in [0.717, 1.165) is 0 Å². The van der Waals surface area contributed by atoms with Crippen LogP contribution in [-0.4, -0.2) is 17.6 Å². The van der Waals surface area contributed by atoms with Gasteiger partial charge in [0.05, 0.1) is 27.5 Å². The van der Waals surface area contributed by atoms with Gasteiger partial charge in [-0.15, -0.1) is 0 Å². The molecule has 1 aromatic carbocycles. The molecule has 3 rings (SSSR count). The Hall–Kier alpha value is -1.93. The third-order valence-corrected chi connectivity index (χ3v) is 5.84. The fourth-order valence-corrected chi connectivity index (χ4v) is 3.94. The third-order valence-electron chi connectivity index (χ3n) is 4.54. The molecule has 2 heterocycles. The Bertz CT molecular complexity index is 992. The molecule has 1 saturated heterocycles. The lowest BCUT2D eigenvalue weighted by atomic mass is 9.82. The second-order valence-corrected chi connectivity index (χ2v) is 7.20. The number of aromatic amines is 1. The molecule has 2 atom stereocenters. The van der Waals surface area contributed by atoms with Crippen molar-refractivity contribution in [3.05, 3.63) is 42.9 Å². The van der Waals surface area contributed by atoms with Crippen molar-refractivity contribution in [3.63, 3.8) is 0 Å². The zero-order valence-electron chi connectivity index (χ0n) is 13.0. The van der Waals surface area contributed by atoms with Crippen molar-refractivity contribution in [2.24, 2.45) is 0 Å². The molecule has 2 aromatic rings. The molecule has 1 fully saturated rings. The molecule has 1 aromatic heterocycles. The van der Waals surface area contributed by atoms with Gasteiger partial charge in [-0.3, -0.25) is 4.79 Å². The smallest absolute Gasteiger partial charge is 0.266 e. The van der Waals surface area contributed by atoms with Crippen LogP contribution in [0.3, 0.4) is 0 Å². The van der Waals surface area contributed by atoms with Crippen LogP contribution < -0.4 is 10.9 Å². The molecule has 5 nitrogen and oxygen atoms in total. The first-order valence-corrected chi connectivity index (χ1v) is 8.88. The van der Waals surface area contributed by atoms with E-state index in [1.165, 1.54) is 0 Å². The molecule has 25 heavy (non-hydrogen) atoms. The van der Waals surface area contributed by atoms with Crippen LogP contribution in [0.15, 0.2) is 15.3 Å². The fraction of sp³-hybridized carbons (Fsp3) is 0.353. The Morgan fingerprint density at radius 3 is 2.88 bits per heavy atom. The minimum Gasteiger partial charge on any atom is -0.318 e. The molecule has 0 spiro atoms. The Kier molecular flexibility index (Phi) is 5.10. The summed E-state index contributed by atoms with van der Waals surface area (Å²) in [5.41, 5.74) is -0.0917.